The van der Waals surface area contributed by atoms with Crippen LogP contribution in [-0.2, 0) is 11.2 Å². The fourth-order valence-electron chi connectivity index (χ4n) is 1.49. The van der Waals surface area contributed by atoms with E-state index in [-0.39, 0.29) is 6.42 Å². The van der Waals surface area contributed by atoms with Crippen molar-refractivity contribution in [1.82, 2.24) is 4.57 Å². The van der Waals surface area contributed by atoms with Crippen LogP contribution in [-0.4, -0.2) is 22.0 Å². The van der Waals surface area contributed by atoms with Crippen molar-refractivity contribution in [2.75, 3.05) is 0 Å². The van der Waals surface area contributed by atoms with Crippen LogP contribution < -0.4 is 0 Å². The van der Waals surface area contributed by atoms with Crippen LogP contribution in [0.1, 0.15) is 5.69 Å². The van der Waals surface area contributed by atoms with Crippen LogP contribution in [0.15, 0.2) is 53.7 Å². The fourth-order valence-corrected chi connectivity index (χ4v) is 1.49. The zero-order valence-corrected chi connectivity index (χ0v) is 9.15. The molecule has 86 valence electrons. The molecule has 0 bridgehead atoms. The molecule has 4 heteroatoms. The quantitative estimate of drug-likeness (QED) is 0.645. The Labute approximate surface area is 98.9 Å². The predicted molar refractivity (Wildman–Crippen MR) is 65.8 cm³/mol. The lowest BCUT2D eigenvalue weighted by atomic mass is 10.3. The molecule has 1 aromatic carbocycles. The molecule has 0 aliphatic heterocycles. The fraction of sp³-hybridized carbons (Fsp3) is 0.0769. The number of nitrogens with zero attached hydrogens (tertiary/aromatic N) is 2. The van der Waals surface area contributed by atoms with Gasteiger partial charge in [0, 0.05) is 11.9 Å². The SMILES string of the molecule is O=C(O)Cc1cccn1C=Nc1ccccc1. The van der Waals surface area contributed by atoms with Gasteiger partial charge in [0.1, 0.15) is 0 Å². The number of rotatable bonds is 4. The molecule has 0 saturated carbocycles. The number of para-hydroxylation sites is 1. The summed E-state index contributed by atoms with van der Waals surface area (Å²) in [6.07, 6.45) is 3.39. The summed E-state index contributed by atoms with van der Waals surface area (Å²) in [6, 6.07) is 13.1. The lowest BCUT2D eigenvalue weighted by Gasteiger charge is -2.00. The molecule has 0 aliphatic carbocycles. The van der Waals surface area contributed by atoms with Gasteiger partial charge in [-0.05, 0) is 24.3 Å². The summed E-state index contributed by atoms with van der Waals surface area (Å²) >= 11 is 0. The number of aliphatic imine (C=N–C) groups is 1. The van der Waals surface area contributed by atoms with E-state index < -0.39 is 5.97 Å². The van der Waals surface area contributed by atoms with Gasteiger partial charge in [0.05, 0.1) is 18.4 Å². The molecule has 0 atom stereocenters. The standard InChI is InChI=1S/C13H12N2O2/c16-13(17)9-12-7-4-8-15(12)10-14-11-5-2-1-3-6-11/h1-8,10H,9H2,(H,16,17). The second-order valence-electron chi connectivity index (χ2n) is 3.56. The number of aliphatic carboxylic acids is 1. The molecule has 4 nitrogen and oxygen atoms in total. The maximum atomic E-state index is 10.6. The molecule has 0 amide bonds. The first-order chi connectivity index (χ1) is 8.25. The Bertz CT molecular complexity index is 529. The predicted octanol–water partition coefficient (Wildman–Crippen LogP) is 2.32. The van der Waals surface area contributed by atoms with Crippen molar-refractivity contribution in [1.29, 1.82) is 0 Å². The van der Waals surface area contributed by atoms with Crippen LogP contribution in [0.4, 0.5) is 5.69 Å². The molecule has 0 radical (unpaired) electrons. The molecule has 2 aromatic rings. The van der Waals surface area contributed by atoms with Crippen molar-refractivity contribution < 1.29 is 9.90 Å². The lowest BCUT2D eigenvalue weighted by Crippen LogP contribution is -2.06. The summed E-state index contributed by atoms with van der Waals surface area (Å²) in [6.45, 7) is 0. The van der Waals surface area contributed by atoms with Crippen molar-refractivity contribution in [3.05, 3.63) is 54.4 Å². The summed E-state index contributed by atoms with van der Waals surface area (Å²) in [5.41, 5.74) is 1.54. The van der Waals surface area contributed by atoms with Gasteiger partial charge >= 0.3 is 5.97 Å². The molecule has 0 spiro atoms. The third kappa shape index (κ3) is 3.04. The number of carbonyl (C=O) groups is 1. The molecule has 0 saturated heterocycles. The third-order valence-electron chi connectivity index (χ3n) is 2.29. The minimum absolute atomic E-state index is 0.00614. The van der Waals surface area contributed by atoms with E-state index in [0.717, 1.165) is 5.69 Å². The highest BCUT2D eigenvalue weighted by Crippen LogP contribution is 2.09. The first-order valence-electron chi connectivity index (χ1n) is 5.22. The van der Waals surface area contributed by atoms with Crippen LogP contribution in [0.2, 0.25) is 0 Å². The van der Waals surface area contributed by atoms with E-state index in [4.69, 9.17) is 5.11 Å². The topological polar surface area (TPSA) is 54.6 Å². The Morgan fingerprint density at radius 1 is 1.24 bits per heavy atom. The average Bonchev–Trinajstić information content (AvgIpc) is 2.74. The molecular formula is C13H12N2O2. The summed E-state index contributed by atoms with van der Waals surface area (Å²) in [5.74, 6) is -0.849. The van der Waals surface area contributed by atoms with Crippen LogP contribution in [0.5, 0.6) is 0 Å². The van der Waals surface area contributed by atoms with E-state index in [1.165, 1.54) is 0 Å². The van der Waals surface area contributed by atoms with Gasteiger partial charge in [-0.3, -0.25) is 4.79 Å². The van der Waals surface area contributed by atoms with E-state index in [1.807, 2.05) is 30.3 Å². The Hall–Kier alpha value is -2.36. The number of hydrogen-bond acceptors (Lipinski definition) is 2. The second-order valence-corrected chi connectivity index (χ2v) is 3.56. The van der Waals surface area contributed by atoms with E-state index in [2.05, 4.69) is 4.99 Å². The van der Waals surface area contributed by atoms with Crippen molar-refractivity contribution in [3.8, 4) is 0 Å². The van der Waals surface area contributed by atoms with Gasteiger partial charge in [-0.2, -0.15) is 0 Å². The molecule has 2 rings (SSSR count). The van der Waals surface area contributed by atoms with E-state index in [0.29, 0.717) is 5.69 Å². The van der Waals surface area contributed by atoms with Crippen molar-refractivity contribution >= 4 is 18.0 Å². The van der Waals surface area contributed by atoms with E-state index in [1.54, 1.807) is 29.2 Å². The Morgan fingerprint density at radius 2 is 2.00 bits per heavy atom. The molecule has 1 aromatic heterocycles. The maximum Gasteiger partial charge on any atom is 0.309 e. The zero-order valence-electron chi connectivity index (χ0n) is 9.15. The van der Waals surface area contributed by atoms with Gasteiger partial charge < -0.3 is 9.67 Å². The highest BCUT2D eigenvalue weighted by molar-refractivity contribution is 5.72. The second kappa shape index (κ2) is 5.12. The minimum atomic E-state index is -0.849. The summed E-state index contributed by atoms with van der Waals surface area (Å²) in [7, 11) is 0. The van der Waals surface area contributed by atoms with Gasteiger partial charge in [0.2, 0.25) is 0 Å². The average molecular weight is 228 g/mol. The van der Waals surface area contributed by atoms with Gasteiger partial charge in [0.15, 0.2) is 0 Å². The first kappa shape index (κ1) is 11.1. The van der Waals surface area contributed by atoms with E-state index in [9.17, 15) is 4.79 Å². The Kier molecular flexibility index (Phi) is 3.35. The highest BCUT2D eigenvalue weighted by Gasteiger charge is 2.03. The van der Waals surface area contributed by atoms with Crippen molar-refractivity contribution in [3.63, 3.8) is 0 Å². The van der Waals surface area contributed by atoms with Crippen LogP contribution in [0.25, 0.3) is 0 Å². The van der Waals surface area contributed by atoms with E-state index >= 15 is 0 Å². The Balaban J connectivity index is 2.16. The largest absolute Gasteiger partial charge is 0.481 e. The molecule has 0 unspecified atom stereocenters. The molecular weight excluding hydrogens is 216 g/mol. The first-order valence-corrected chi connectivity index (χ1v) is 5.22. The molecule has 17 heavy (non-hydrogen) atoms. The molecule has 1 N–H and O–H groups in total. The molecule has 0 fully saturated rings. The van der Waals surface area contributed by atoms with Crippen molar-refractivity contribution in [2.24, 2.45) is 4.99 Å². The summed E-state index contributed by atoms with van der Waals surface area (Å²) in [5, 5.41) is 8.74. The maximum absolute atomic E-state index is 10.6. The van der Waals surface area contributed by atoms with Gasteiger partial charge in [0.25, 0.3) is 0 Å². The van der Waals surface area contributed by atoms with Crippen LogP contribution in [0, 0.1) is 0 Å². The van der Waals surface area contributed by atoms with Gasteiger partial charge in [-0.1, -0.05) is 18.2 Å². The minimum Gasteiger partial charge on any atom is -0.481 e. The summed E-state index contributed by atoms with van der Waals surface area (Å²) in [4.78, 5) is 14.9. The number of carboxylic acids is 1. The smallest absolute Gasteiger partial charge is 0.309 e. The zero-order chi connectivity index (χ0) is 12.1. The van der Waals surface area contributed by atoms with Gasteiger partial charge in [-0.15, -0.1) is 0 Å². The lowest BCUT2D eigenvalue weighted by molar-refractivity contribution is -0.136. The van der Waals surface area contributed by atoms with Gasteiger partial charge in [-0.25, -0.2) is 4.99 Å². The number of benzene rings is 1. The molecule has 1 heterocycles. The van der Waals surface area contributed by atoms with Crippen LogP contribution in [0.3, 0.4) is 0 Å². The number of carboxylic acid groups (broad SMARTS) is 1. The number of hydrogen-bond donors (Lipinski definition) is 1. The monoisotopic (exact) mass is 228 g/mol. The van der Waals surface area contributed by atoms with Crippen molar-refractivity contribution in [2.45, 2.75) is 6.42 Å². The number of aromatic nitrogens is 1. The molecule has 0 aliphatic rings. The van der Waals surface area contributed by atoms with Crippen LogP contribution >= 0.6 is 0 Å². The normalized spacial score (nSPS) is 10.8. The highest BCUT2D eigenvalue weighted by atomic mass is 16.4. The third-order valence-corrected chi connectivity index (χ3v) is 2.29. The Morgan fingerprint density at radius 3 is 2.71 bits per heavy atom. The summed E-state index contributed by atoms with van der Waals surface area (Å²) < 4.78 is 1.71.